The van der Waals surface area contributed by atoms with E-state index in [4.69, 9.17) is 0 Å². The number of hydrogen-bond acceptors (Lipinski definition) is 5. The highest BCUT2D eigenvalue weighted by atomic mass is 32.2. The molecule has 0 fully saturated rings. The Balaban J connectivity index is 2.28. The van der Waals surface area contributed by atoms with Crippen LogP contribution in [0.1, 0.15) is 5.82 Å². The number of thiol groups is 1. The third-order valence-corrected chi connectivity index (χ3v) is 3.17. The topological polar surface area (TPSA) is 25.8 Å². The lowest BCUT2D eigenvalue weighted by Gasteiger charge is -1.87. The van der Waals surface area contributed by atoms with Crippen molar-refractivity contribution in [2.75, 3.05) is 11.5 Å². The quantitative estimate of drug-likeness (QED) is 0.477. The molecule has 0 aromatic carbocycles. The van der Waals surface area contributed by atoms with Crippen molar-refractivity contribution in [2.24, 2.45) is 0 Å². The van der Waals surface area contributed by atoms with E-state index >= 15 is 0 Å². The zero-order valence-electron chi connectivity index (χ0n) is 6.73. The maximum absolute atomic E-state index is 4.23. The van der Waals surface area contributed by atoms with Gasteiger partial charge in [0, 0.05) is 11.5 Å². The maximum Gasteiger partial charge on any atom is 0.170 e. The summed E-state index contributed by atoms with van der Waals surface area (Å²) in [6.07, 6.45) is 4.12. The molecule has 0 amide bonds. The van der Waals surface area contributed by atoms with E-state index in [1.807, 2.05) is 13.0 Å². The molecule has 0 atom stereocenters. The van der Waals surface area contributed by atoms with Gasteiger partial charge in [-0.3, -0.25) is 0 Å². The average molecular weight is 218 g/mol. The third-order valence-electron chi connectivity index (χ3n) is 1.08. The molecule has 0 aliphatic rings. The summed E-state index contributed by atoms with van der Waals surface area (Å²) < 4.78 is 5.12. The van der Waals surface area contributed by atoms with Gasteiger partial charge in [0.1, 0.15) is 5.82 Å². The van der Waals surface area contributed by atoms with Crippen LogP contribution in [-0.2, 0) is 0 Å². The molecule has 0 radical (unpaired) electrons. The second-order valence-corrected chi connectivity index (χ2v) is 4.46. The van der Waals surface area contributed by atoms with Gasteiger partial charge < -0.3 is 0 Å². The predicted molar refractivity (Wildman–Crippen MR) is 58.4 cm³/mol. The van der Waals surface area contributed by atoms with Crippen LogP contribution in [-0.4, -0.2) is 20.9 Å². The van der Waals surface area contributed by atoms with Crippen molar-refractivity contribution < 1.29 is 0 Å². The van der Waals surface area contributed by atoms with Crippen molar-refractivity contribution in [1.29, 1.82) is 0 Å². The summed E-state index contributed by atoms with van der Waals surface area (Å²) in [5.74, 6) is 2.62. The van der Waals surface area contributed by atoms with Crippen LogP contribution in [0, 0.1) is 6.92 Å². The van der Waals surface area contributed by atoms with Gasteiger partial charge in [-0.1, -0.05) is 23.9 Å². The molecule has 1 heterocycles. The summed E-state index contributed by atoms with van der Waals surface area (Å²) in [6.45, 7) is 1.91. The van der Waals surface area contributed by atoms with E-state index in [0.717, 1.165) is 21.7 Å². The van der Waals surface area contributed by atoms with Crippen LogP contribution in [0.15, 0.2) is 16.5 Å². The maximum atomic E-state index is 4.23. The molecule has 1 rings (SSSR count). The van der Waals surface area contributed by atoms with Gasteiger partial charge in [0.2, 0.25) is 0 Å². The molecule has 0 saturated heterocycles. The number of hydrogen-bond donors (Lipinski definition) is 1. The summed E-state index contributed by atoms with van der Waals surface area (Å²) in [4.78, 5) is 4.23. The molecule has 1 aromatic heterocycles. The van der Waals surface area contributed by atoms with Crippen LogP contribution in [0.4, 0.5) is 0 Å². The van der Waals surface area contributed by atoms with E-state index < -0.39 is 0 Å². The molecule has 0 aliphatic carbocycles. The van der Waals surface area contributed by atoms with Gasteiger partial charge in [-0.15, -0.1) is 0 Å². The zero-order chi connectivity index (χ0) is 8.81. The lowest BCUT2D eigenvalue weighted by atomic mass is 10.6. The lowest BCUT2D eigenvalue weighted by molar-refractivity contribution is 1.10. The van der Waals surface area contributed by atoms with Crippen molar-refractivity contribution in [3.8, 4) is 0 Å². The Labute approximate surface area is 86.1 Å². The van der Waals surface area contributed by atoms with Crippen molar-refractivity contribution in [3.63, 3.8) is 0 Å². The first kappa shape index (κ1) is 10.1. The van der Waals surface area contributed by atoms with Crippen molar-refractivity contribution >= 4 is 35.9 Å². The molecule has 0 bridgehead atoms. The van der Waals surface area contributed by atoms with Crippen LogP contribution in [0.25, 0.3) is 0 Å². The van der Waals surface area contributed by atoms with Crippen molar-refractivity contribution in [3.05, 3.63) is 18.0 Å². The Morgan fingerprint density at radius 3 is 3.00 bits per heavy atom. The number of nitrogens with zero attached hydrogens (tertiary/aromatic N) is 2. The average Bonchev–Trinajstić information content (AvgIpc) is 2.45. The highest BCUT2D eigenvalue weighted by Crippen LogP contribution is 2.19. The van der Waals surface area contributed by atoms with Crippen LogP contribution in [0.3, 0.4) is 0 Å². The number of thioether (sulfide) groups is 1. The smallest absolute Gasteiger partial charge is 0.170 e. The highest BCUT2D eigenvalue weighted by Gasteiger charge is 1.97. The second-order valence-electron chi connectivity index (χ2n) is 2.07. The molecule has 2 nitrogen and oxygen atoms in total. The third kappa shape index (κ3) is 3.60. The molecule has 0 unspecified atom stereocenters. The molecule has 12 heavy (non-hydrogen) atoms. The molecule has 0 spiro atoms. The molecular formula is C7H10N2S3. The fourth-order valence-electron chi connectivity index (χ4n) is 0.599. The largest absolute Gasteiger partial charge is 0.213 e. The van der Waals surface area contributed by atoms with Crippen molar-refractivity contribution in [1.82, 2.24) is 9.36 Å². The summed E-state index contributed by atoms with van der Waals surface area (Å²) in [5, 5.41) is 0. The fourth-order valence-corrected chi connectivity index (χ4v) is 2.27. The predicted octanol–water partition coefficient (Wildman–Crippen LogP) is 2.42. The van der Waals surface area contributed by atoms with Gasteiger partial charge in [-0.2, -0.15) is 17.0 Å². The molecule has 5 heteroatoms. The van der Waals surface area contributed by atoms with Crippen LogP contribution < -0.4 is 0 Å². The lowest BCUT2D eigenvalue weighted by Crippen LogP contribution is -1.74. The normalized spacial score (nSPS) is 11.2. The molecule has 1 aromatic rings. The van der Waals surface area contributed by atoms with Crippen LogP contribution in [0.5, 0.6) is 0 Å². The Kier molecular flexibility index (Phi) is 4.72. The van der Waals surface area contributed by atoms with Gasteiger partial charge in [0.05, 0.1) is 0 Å². The molecular weight excluding hydrogens is 208 g/mol. The second kappa shape index (κ2) is 5.61. The van der Waals surface area contributed by atoms with Gasteiger partial charge in [-0.25, -0.2) is 4.98 Å². The van der Waals surface area contributed by atoms with E-state index in [-0.39, 0.29) is 0 Å². The SMILES string of the molecule is Cc1nsc(SCC=CCS)n1. The zero-order valence-corrected chi connectivity index (χ0v) is 9.25. The van der Waals surface area contributed by atoms with E-state index in [1.54, 1.807) is 11.8 Å². The molecule has 0 saturated carbocycles. The van der Waals surface area contributed by atoms with Gasteiger partial charge in [-0.05, 0) is 18.5 Å². The minimum Gasteiger partial charge on any atom is -0.213 e. The first-order chi connectivity index (χ1) is 5.83. The Morgan fingerprint density at radius 1 is 1.58 bits per heavy atom. The standard InChI is InChI=1S/C7H10N2S3/c1-6-8-7(12-9-6)11-5-3-2-4-10/h2-3,10H,4-5H2,1H3. The van der Waals surface area contributed by atoms with Gasteiger partial charge in [0.15, 0.2) is 4.34 Å². The molecule has 0 aliphatic heterocycles. The number of rotatable bonds is 4. The monoisotopic (exact) mass is 218 g/mol. The Hall–Kier alpha value is -0.0000000000000000833. The van der Waals surface area contributed by atoms with E-state index in [0.29, 0.717) is 0 Å². The van der Waals surface area contributed by atoms with Crippen LogP contribution >= 0.6 is 35.9 Å². The first-order valence-electron chi connectivity index (χ1n) is 3.52. The van der Waals surface area contributed by atoms with Crippen molar-refractivity contribution in [2.45, 2.75) is 11.3 Å². The number of aryl methyl sites for hydroxylation is 1. The van der Waals surface area contributed by atoms with E-state index in [1.165, 1.54) is 11.5 Å². The van der Waals surface area contributed by atoms with Gasteiger partial charge in [0.25, 0.3) is 0 Å². The van der Waals surface area contributed by atoms with E-state index in [9.17, 15) is 0 Å². The Bertz CT molecular complexity index is 257. The molecule has 66 valence electrons. The van der Waals surface area contributed by atoms with Gasteiger partial charge >= 0.3 is 0 Å². The van der Waals surface area contributed by atoms with E-state index in [2.05, 4.69) is 28.1 Å². The summed E-state index contributed by atoms with van der Waals surface area (Å²) in [5.41, 5.74) is 0. The minimum absolute atomic E-state index is 0.801. The summed E-state index contributed by atoms with van der Waals surface area (Å²) in [7, 11) is 0. The molecule has 0 N–H and O–H groups in total. The minimum atomic E-state index is 0.801. The number of aromatic nitrogens is 2. The summed E-state index contributed by atoms with van der Waals surface area (Å²) >= 11 is 7.23. The fraction of sp³-hybridized carbons (Fsp3) is 0.429. The highest BCUT2D eigenvalue weighted by molar-refractivity contribution is 8.01. The van der Waals surface area contributed by atoms with Crippen LogP contribution in [0.2, 0.25) is 0 Å². The first-order valence-corrected chi connectivity index (χ1v) is 5.91. The Morgan fingerprint density at radius 2 is 2.42 bits per heavy atom. The summed E-state index contributed by atoms with van der Waals surface area (Å²) in [6, 6.07) is 0.